The molecule has 1 amide bonds. The van der Waals surface area contributed by atoms with Crippen molar-refractivity contribution >= 4 is 12.3 Å². The van der Waals surface area contributed by atoms with Crippen LogP contribution in [0.5, 0.6) is 5.75 Å². The molecule has 0 unspecified atom stereocenters. The topological polar surface area (TPSA) is 51.1 Å². The smallest absolute Gasteiger partial charge is 0.410 e. The maximum absolute atomic E-state index is 12.2. The molecule has 1 aromatic carbocycles. The molecule has 0 bridgehead atoms. The van der Waals surface area contributed by atoms with Gasteiger partial charge in [0.05, 0.1) is 12.8 Å². The largest absolute Gasteiger partial charge is 0.415 e. The molecule has 0 aromatic heterocycles. The van der Waals surface area contributed by atoms with Crippen LogP contribution in [0.15, 0.2) is 41.1 Å². The molecule has 0 saturated carbocycles. The molecule has 118 valence electrons. The van der Waals surface area contributed by atoms with E-state index in [1.807, 2.05) is 30.3 Å². The Labute approximate surface area is 131 Å². The molecule has 0 spiro atoms. The number of ether oxygens (including phenoxy) is 1. The van der Waals surface area contributed by atoms with Crippen LogP contribution in [0.1, 0.15) is 31.7 Å². The number of amides is 1. The predicted molar refractivity (Wildman–Crippen MR) is 86.3 cm³/mol. The van der Waals surface area contributed by atoms with Crippen molar-refractivity contribution in [2.75, 3.05) is 20.2 Å². The van der Waals surface area contributed by atoms with E-state index in [4.69, 9.17) is 4.74 Å². The molecule has 5 heteroatoms. The molecule has 0 fully saturated rings. The van der Waals surface area contributed by atoms with Crippen LogP contribution in [0, 0.1) is 0 Å². The van der Waals surface area contributed by atoms with Gasteiger partial charge < -0.3 is 14.5 Å². The van der Waals surface area contributed by atoms with Crippen molar-refractivity contribution in [3.8, 4) is 5.75 Å². The lowest BCUT2D eigenvalue weighted by Gasteiger charge is -2.25. The third-order valence-electron chi connectivity index (χ3n) is 3.51. The van der Waals surface area contributed by atoms with Crippen LogP contribution in [0.25, 0.3) is 0 Å². The molecular formula is C17H22N2O3. The summed E-state index contributed by atoms with van der Waals surface area (Å²) in [5, 5.41) is 3.73. The third-order valence-corrected chi connectivity index (χ3v) is 3.51. The van der Waals surface area contributed by atoms with Crippen molar-refractivity contribution < 1.29 is 14.4 Å². The first kappa shape index (κ1) is 16.1. The number of rotatable bonds is 4. The van der Waals surface area contributed by atoms with E-state index in [-0.39, 0.29) is 6.09 Å². The van der Waals surface area contributed by atoms with Gasteiger partial charge in [-0.2, -0.15) is 0 Å². The summed E-state index contributed by atoms with van der Waals surface area (Å²) >= 11 is 0. The van der Waals surface area contributed by atoms with Gasteiger partial charge in [-0.1, -0.05) is 37.2 Å². The molecule has 22 heavy (non-hydrogen) atoms. The van der Waals surface area contributed by atoms with E-state index in [1.165, 1.54) is 12.7 Å². The van der Waals surface area contributed by atoms with E-state index in [0.717, 1.165) is 12.0 Å². The molecule has 0 N–H and O–H groups in total. The lowest BCUT2D eigenvalue weighted by atomic mass is 10.0. The Morgan fingerprint density at radius 2 is 2.05 bits per heavy atom. The highest BCUT2D eigenvalue weighted by molar-refractivity contribution is 5.81. The van der Waals surface area contributed by atoms with Crippen molar-refractivity contribution in [1.82, 2.24) is 4.90 Å². The predicted octanol–water partition coefficient (Wildman–Crippen LogP) is 3.57. The average Bonchev–Trinajstić information content (AvgIpc) is 2.53. The summed E-state index contributed by atoms with van der Waals surface area (Å²) in [6.07, 6.45) is 4.11. The summed E-state index contributed by atoms with van der Waals surface area (Å²) in [5.74, 6) is 1.02. The van der Waals surface area contributed by atoms with E-state index in [2.05, 4.69) is 23.8 Å². The van der Waals surface area contributed by atoms with Gasteiger partial charge in [0.15, 0.2) is 0 Å². The zero-order valence-corrected chi connectivity index (χ0v) is 13.3. The minimum absolute atomic E-state index is 0.339. The fraction of sp³-hybridized carbons (Fsp3) is 0.412. The van der Waals surface area contributed by atoms with Crippen LogP contribution in [0.3, 0.4) is 0 Å². The van der Waals surface area contributed by atoms with Gasteiger partial charge in [0.2, 0.25) is 0 Å². The maximum Gasteiger partial charge on any atom is 0.415 e. The Bertz CT molecular complexity index is 562. The Morgan fingerprint density at radius 3 is 2.68 bits per heavy atom. The van der Waals surface area contributed by atoms with Gasteiger partial charge in [-0.25, -0.2) is 4.79 Å². The molecule has 1 aliphatic rings. The van der Waals surface area contributed by atoms with E-state index in [0.29, 0.717) is 24.8 Å². The number of hydrogen-bond donors (Lipinski definition) is 0. The summed E-state index contributed by atoms with van der Waals surface area (Å²) in [7, 11) is 1.49. The normalized spacial score (nSPS) is 15.1. The minimum Gasteiger partial charge on any atom is -0.410 e. The quantitative estimate of drug-likeness (QED) is 0.631. The van der Waals surface area contributed by atoms with E-state index >= 15 is 0 Å². The van der Waals surface area contributed by atoms with Crippen LogP contribution in [0.2, 0.25) is 0 Å². The second-order valence-corrected chi connectivity index (χ2v) is 5.50. The standard InChI is InChI=1S/C17H22N2O3/c1-13(2)15-6-8-16(9-7-15)22-17(20)19-10-4-5-14(12-19)11-18-21-3/h5-9,11,13H,4,10,12H2,1-3H3/b18-11+. The SMILES string of the molecule is CO/N=C/C1=CCCN(C(=O)Oc2ccc(C(C)C)cc2)C1. The first-order valence-corrected chi connectivity index (χ1v) is 7.42. The number of benzene rings is 1. The minimum atomic E-state index is -0.339. The summed E-state index contributed by atoms with van der Waals surface area (Å²) < 4.78 is 5.43. The van der Waals surface area contributed by atoms with Crippen molar-refractivity contribution in [3.63, 3.8) is 0 Å². The highest BCUT2D eigenvalue weighted by atomic mass is 16.6. The Hall–Kier alpha value is -2.30. The lowest BCUT2D eigenvalue weighted by molar-refractivity contribution is 0.155. The fourth-order valence-electron chi connectivity index (χ4n) is 2.23. The van der Waals surface area contributed by atoms with Gasteiger partial charge in [-0.15, -0.1) is 0 Å². The van der Waals surface area contributed by atoms with Crippen LogP contribution in [0.4, 0.5) is 4.79 Å². The number of carbonyl (C=O) groups is 1. The second-order valence-electron chi connectivity index (χ2n) is 5.50. The van der Waals surface area contributed by atoms with Gasteiger partial charge in [-0.3, -0.25) is 0 Å². The summed E-state index contributed by atoms with van der Waals surface area (Å²) in [5.41, 5.74) is 2.17. The Morgan fingerprint density at radius 1 is 1.32 bits per heavy atom. The van der Waals surface area contributed by atoms with Gasteiger partial charge in [-0.05, 0) is 35.6 Å². The molecule has 1 aromatic rings. The highest BCUT2D eigenvalue weighted by Crippen LogP contribution is 2.19. The van der Waals surface area contributed by atoms with E-state index in [9.17, 15) is 4.79 Å². The Balaban J connectivity index is 1.94. The first-order valence-electron chi connectivity index (χ1n) is 7.42. The summed E-state index contributed by atoms with van der Waals surface area (Å²) in [4.78, 5) is 18.5. The fourth-order valence-corrected chi connectivity index (χ4v) is 2.23. The molecule has 0 radical (unpaired) electrons. The van der Waals surface area contributed by atoms with Gasteiger partial charge >= 0.3 is 6.09 Å². The molecular weight excluding hydrogens is 280 g/mol. The zero-order chi connectivity index (χ0) is 15.9. The Kier molecular flexibility index (Phi) is 5.58. The van der Waals surface area contributed by atoms with Crippen LogP contribution in [-0.4, -0.2) is 37.4 Å². The van der Waals surface area contributed by atoms with E-state index < -0.39 is 0 Å². The molecule has 2 rings (SSSR count). The second kappa shape index (κ2) is 7.64. The summed E-state index contributed by atoms with van der Waals surface area (Å²) in [6.45, 7) is 5.39. The summed E-state index contributed by atoms with van der Waals surface area (Å²) in [6, 6.07) is 7.64. The lowest BCUT2D eigenvalue weighted by Crippen LogP contribution is -2.38. The van der Waals surface area contributed by atoms with Crippen LogP contribution < -0.4 is 4.74 Å². The van der Waals surface area contributed by atoms with Gasteiger partial charge in [0.1, 0.15) is 12.9 Å². The molecule has 1 aliphatic heterocycles. The molecule has 0 saturated heterocycles. The van der Waals surface area contributed by atoms with Crippen molar-refractivity contribution in [3.05, 3.63) is 41.5 Å². The van der Waals surface area contributed by atoms with Gasteiger partial charge in [0.25, 0.3) is 0 Å². The van der Waals surface area contributed by atoms with Crippen molar-refractivity contribution in [1.29, 1.82) is 0 Å². The monoisotopic (exact) mass is 302 g/mol. The maximum atomic E-state index is 12.2. The number of hydrogen-bond acceptors (Lipinski definition) is 4. The highest BCUT2D eigenvalue weighted by Gasteiger charge is 2.19. The average molecular weight is 302 g/mol. The molecule has 5 nitrogen and oxygen atoms in total. The zero-order valence-electron chi connectivity index (χ0n) is 13.3. The number of carbonyl (C=O) groups excluding carboxylic acids is 1. The van der Waals surface area contributed by atoms with Crippen molar-refractivity contribution in [2.45, 2.75) is 26.2 Å². The third kappa shape index (κ3) is 4.35. The first-order chi connectivity index (χ1) is 10.6. The van der Waals surface area contributed by atoms with Gasteiger partial charge in [0, 0.05) is 6.54 Å². The molecule has 1 heterocycles. The number of nitrogens with zero attached hydrogens (tertiary/aromatic N) is 2. The van der Waals surface area contributed by atoms with Crippen molar-refractivity contribution in [2.24, 2.45) is 5.16 Å². The number of oxime groups is 1. The van der Waals surface area contributed by atoms with Crippen LogP contribution >= 0.6 is 0 Å². The van der Waals surface area contributed by atoms with Crippen LogP contribution in [-0.2, 0) is 4.84 Å². The molecule has 0 aliphatic carbocycles. The molecule has 0 atom stereocenters. The van der Waals surface area contributed by atoms with E-state index in [1.54, 1.807) is 11.1 Å².